The lowest BCUT2D eigenvalue weighted by Crippen LogP contribution is -2.50. The Morgan fingerprint density at radius 1 is 1.21 bits per heavy atom. The molecular formula is C23H25F4N5O5S2. The number of fused-ring (bicyclic) bond motifs is 2. The van der Waals surface area contributed by atoms with Gasteiger partial charge < -0.3 is 20.1 Å². The van der Waals surface area contributed by atoms with Crippen LogP contribution < -0.4 is 15.4 Å². The van der Waals surface area contributed by atoms with E-state index in [1.165, 1.54) is 42.9 Å². The maximum atomic E-state index is 13.6. The Labute approximate surface area is 225 Å². The predicted octanol–water partition coefficient (Wildman–Crippen LogP) is 2.00. The number of hydrogen-bond acceptors (Lipinski definition) is 6. The quantitative estimate of drug-likeness (QED) is 0.370. The van der Waals surface area contributed by atoms with E-state index >= 15 is 0 Å². The van der Waals surface area contributed by atoms with Gasteiger partial charge in [-0.05, 0) is 37.6 Å². The first-order chi connectivity index (χ1) is 18.1. The van der Waals surface area contributed by atoms with E-state index < -0.39 is 57.7 Å². The van der Waals surface area contributed by atoms with Crippen LogP contribution in [0.2, 0.25) is 0 Å². The zero-order chi connectivity index (χ0) is 28.9. The maximum Gasteiger partial charge on any atom is 0.408 e. The lowest BCUT2D eigenvalue weighted by molar-refractivity contribution is -0.162. The van der Waals surface area contributed by atoms with Crippen LogP contribution >= 0.6 is 11.8 Å². The van der Waals surface area contributed by atoms with Gasteiger partial charge in [-0.3, -0.25) is 14.4 Å². The lowest BCUT2D eigenvalue weighted by atomic mass is 10.1. The molecule has 212 valence electrons. The van der Waals surface area contributed by atoms with Crippen molar-refractivity contribution in [1.29, 1.82) is 0 Å². The number of nitrogens with one attached hydrogen (secondary N) is 3. The molecule has 2 aliphatic rings. The monoisotopic (exact) mass is 591 g/mol. The zero-order valence-electron chi connectivity index (χ0n) is 20.9. The van der Waals surface area contributed by atoms with Crippen molar-refractivity contribution in [2.45, 2.75) is 41.9 Å². The maximum absolute atomic E-state index is 13.6. The normalized spacial score (nSPS) is 21.3. The Morgan fingerprint density at radius 3 is 2.54 bits per heavy atom. The number of likely N-dealkylation sites (tertiary alicyclic amines) is 1. The molecule has 10 nitrogen and oxygen atoms in total. The number of rotatable bonds is 3. The third-order valence-corrected chi connectivity index (χ3v) is 9.46. The van der Waals surface area contributed by atoms with Crippen molar-refractivity contribution in [3.8, 4) is 0 Å². The summed E-state index contributed by atoms with van der Waals surface area (Å²) < 4.78 is 82.3. The molecule has 3 heterocycles. The molecule has 39 heavy (non-hydrogen) atoms. The first-order valence-corrected chi connectivity index (χ1v) is 14.1. The minimum absolute atomic E-state index is 0.0484. The van der Waals surface area contributed by atoms with Crippen LogP contribution in [-0.2, 0) is 26.7 Å². The third kappa shape index (κ3) is 5.91. The van der Waals surface area contributed by atoms with Crippen LogP contribution in [0.3, 0.4) is 0 Å². The minimum Gasteiger partial charge on any atom is -0.344 e. The molecule has 0 saturated carbocycles. The lowest BCUT2D eigenvalue weighted by Gasteiger charge is -2.22. The number of aryl methyl sites for hydroxylation is 2. The second kappa shape index (κ2) is 10.5. The first-order valence-electron chi connectivity index (χ1n) is 11.7. The van der Waals surface area contributed by atoms with Crippen LogP contribution in [0.4, 0.5) is 23.2 Å². The van der Waals surface area contributed by atoms with Crippen LogP contribution in [0, 0.1) is 18.7 Å². The summed E-state index contributed by atoms with van der Waals surface area (Å²) in [6.45, 7) is 1.95. The summed E-state index contributed by atoms with van der Waals surface area (Å²) in [5, 5.41) is 4.26. The Kier molecular flexibility index (Phi) is 7.75. The Balaban J connectivity index is 1.54. The number of halogens is 4. The number of amides is 3. The van der Waals surface area contributed by atoms with Crippen LogP contribution in [0.5, 0.6) is 0 Å². The second-order valence-corrected chi connectivity index (χ2v) is 12.2. The number of carbonyl (C=O) groups excluding carboxylic acids is 3. The van der Waals surface area contributed by atoms with Gasteiger partial charge in [0.25, 0.3) is 5.91 Å². The van der Waals surface area contributed by atoms with Crippen molar-refractivity contribution < 1.29 is 40.4 Å². The molecule has 16 heteroatoms. The average Bonchev–Trinajstić information content (AvgIpc) is 3.38. The summed E-state index contributed by atoms with van der Waals surface area (Å²) in [6, 6.07) is 0.968. The first kappa shape index (κ1) is 28.9. The smallest absolute Gasteiger partial charge is 0.344 e. The van der Waals surface area contributed by atoms with Gasteiger partial charge in [-0.1, -0.05) is 0 Å². The molecule has 1 aromatic carbocycles. The van der Waals surface area contributed by atoms with Crippen LogP contribution in [0.15, 0.2) is 34.2 Å². The minimum atomic E-state index is -4.73. The number of thioether (sulfide) groups is 1. The summed E-state index contributed by atoms with van der Waals surface area (Å²) in [6.07, 6.45) is -3.46. The van der Waals surface area contributed by atoms with E-state index in [4.69, 9.17) is 0 Å². The van der Waals surface area contributed by atoms with Gasteiger partial charge in [0, 0.05) is 49.7 Å². The van der Waals surface area contributed by atoms with Gasteiger partial charge >= 0.3 is 18.0 Å². The van der Waals surface area contributed by atoms with Crippen LogP contribution in [-0.4, -0.2) is 72.7 Å². The number of aromatic nitrogens is 1. The average molecular weight is 592 g/mol. The van der Waals surface area contributed by atoms with Crippen molar-refractivity contribution in [2.24, 2.45) is 13.0 Å². The summed E-state index contributed by atoms with van der Waals surface area (Å²) in [5.74, 6) is -3.96. The summed E-state index contributed by atoms with van der Waals surface area (Å²) >= 11 is 1.08. The fourth-order valence-electron chi connectivity index (χ4n) is 4.36. The van der Waals surface area contributed by atoms with Crippen molar-refractivity contribution in [2.75, 3.05) is 24.2 Å². The van der Waals surface area contributed by atoms with Crippen molar-refractivity contribution in [3.63, 3.8) is 0 Å². The van der Waals surface area contributed by atoms with E-state index in [0.717, 1.165) is 16.7 Å². The molecule has 3 N–H and O–H groups in total. The van der Waals surface area contributed by atoms with Crippen molar-refractivity contribution in [3.05, 3.63) is 41.5 Å². The van der Waals surface area contributed by atoms with Gasteiger partial charge in [-0.2, -0.15) is 13.2 Å². The molecule has 2 aromatic rings. The number of anilines is 1. The molecule has 0 aliphatic carbocycles. The molecule has 0 unspecified atom stereocenters. The molecule has 2 aliphatic heterocycles. The van der Waals surface area contributed by atoms with Gasteiger partial charge in [-0.15, -0.1) is 11.8 Å². The van der Waals surface area contributed by atoms with Crippen LogP contribution in [0.1, 0.15) is 23.0 Å². The molecular weight excluding hydrogens is 566 g/mol. The van der Waals surface area contributed by atoms with Gasteiger partial charge in [0.15, 0.2) is 0 Å². The van der Waals surface area contributed by atoms with E-state index in [-0.39, 0.29) is 34.3 Å². The number of benzene rings is 1. The largest absolute Gasteiger partial charge is 0.408 e. The fraction of sp³-hybridized carbons (Fsp3) is 0.435. The number of nitrogens with zero attached hydrogens (tertiary/aromatic N) is 2. The summed E-state index contributed by atoms with van der Waals surface area (Å²) in [5.41, 5.74) is 0.671. The van der Waals surface area contributed by atoms with E-state index in [1.807, 2.05) is 0 Å². The standard InChI is InChI=1S/C23H25F4N5O5S2/c1-11-6-14(4-5-15(11)24)29-20(33)18-19-17(9-31(18)3)39(36,37)30-16-8-32(7-13(16)10-38-19)22(35)21(34)28-12(2)23(25,26)27/h4-6,9,12-13,16,30H,7-8,10H2,1-3H3,(H,28,34)(H,29,33)/t12-,13-,16-/m0/s1. The molecule has 1 saturated heterocycles. The number of sulfonamides is 1. The van der Waals surface area contributed by atoms with Gasteiger partial charge in [-0.25, -0.2) is 17.5 Å². The van der Waals surface area contributed by atoms with Gasteiger partial charge in [0.1, 0.15) is 22.4 Å². The van der Waals surface area contributed by atoms with Crippen molar-refractivity contribution in [1.82, 2.24) is 19.5 Å². The second-order valence-electron chi connectivity index (χ2n) is 9.45. The summed E-state index contributed by atoms with van der Waals surface area (Å²) in [4.78, 5) is 38.8. The Hall–Kier alpha value is -3.11. The van der Waals surface area contributed by atoms with Crippen molar-refractivity contribution >= 4 is 45.2 Å². The van der Waals surface area contributed by atoms with E-state index in [1.54, 1.807) is 5.32 Å². The number of hydrogen-bond donors (Lipinski definition) is 3. The molecule has 0 bridgehead atoms. The van der Waals surface area contributed by atoms with E-state index in [0.29, 0.717) is 18.2 Å². The van der Waals surface area contributed by atoms with E-state index in [9.17, 15) is 40.4 Å². The van der Waals surface area contributed by atoms with Gasteiger partial charge in [0.2, 0.25) is 10.0 Å². The fourth-order valence-corrected chi connectivity index (χ4v) is 7.58. The van der Waals surface area contributed by atoms with E-state index in [2.05, 4.69) is 10.0 Å². The molecule has 0 radical (unpaired) electrons. The summed E-state index contributed by atoms with van der Waals surface area (Å²) in [7, 11) is -2.69. The Bertz CT molecular complexity index is 1440. The SMILES string of the molecule is Cc1cc(NC(=O)c2c3c(cn2C)S(=O)(=O)N[C@H]2CN(C(=O)C(=O)N[C@@H](C)C(F)(F)F)C[C@H]2CS3)ccc1F. The predicted molar refractivity (Wildman–Crippen MR) is 133 cm³/mol. The highest BCUT2D eigenvalue weighted by molar-refractivity contribution is 8.00. The van der Waals surface area contributed by atoms with Crippen LogP contribution in [0.25, 0.3) is 0 Å². The highest BCUT2D eigenvalue weighted by Gasteiger charge is 2.44. The molecule has 1 aromatic heterocycles. The third-order valence-electron chi connectivity index (χ3n) is 6.53. The topological polar surface area (TPSA) is 130 Å². The number of carbonyl (C=O) groups is 3. The Morgan fingerprint density at radius 2 is 1.90 bits per heavy atom. The molecule has 3 atom stereocenters. The molecule has 1 fully saturated rings. The molecule has 0 spiro atoms. The van der Waals surface area contributed by atoms with Gasteiger partial charge in [0.05, 0.1) is 4.90 Å². The zero-order valence-corrected chi connectivity index (χ0v) is 22.6. The molecule has 3 amide bonds. The highest BCUT2D eigenvalue weighted by Crippen LogP contribution is 2.38. The number of alkyl halides is 3. The molecule has 4 rings (SSSR count). The highest BCUT2D eigenvalue weighted by atomic mass is 32.2.